The van der Waals surface area contributed by atoms with E-state index in [2.05, 4.69) is 35.1 Å². The van der Waals surface area contributed by atoms with E-state index in [-0.39, 0.29) is 16.2 Å². The van der Waals surface area contributed by atoms with Crippen LogP contribution < -0.4 is 5.32 Å². The number of rotatable bonds is 6. The minimum absolute atomic E-state index is 0.124. The zero-order valence-corrected chi connectivity index (χ0v) is 18.9. The Morgan fingerprint density at radius 2 is 1.79 bits per heavy atom. The van der Waals surface area contributed by atoms with Crippen LogP contribution in [0.5, 0.6) is 0 Å². The lowest BCUT2D eigenvalue weighted by atomic mass is 9.84. The number of morpholine rings is 1. The van der Waals surface area contributed by atoms with Crippen molar-refractivity contribution in [3.05, 3.63) is 64.1 Å². The number of nitrogens with zero attached hydrogens (tertiary/aromatic N) is 1. The highest BCUT2D eigenvalue weighted by Gasteiger charge is 2.27. The highest BCUT2D eigenvalue weighted by atomic mass is 79.9. The number of halogens is 1. The first-order valence-corrected chi connectivity index (χ1v) is 11.7. The third-order valence-corrected chi connectivity index (χ3v) is 7.44. The van der Waals surface area contributed by atoms with Crippen molar-refractivity contribution in [2.24, 2.45) is 0 Å². The second-order valence-electron chi connectivity index (χ2n) is 7.62. The van der Waals surface area contributed by atoms with Crippen LogP contribution in [0.4, 0.5) is 0 Å². The van der Waals surface area contributed by atoms with Gasteiger partial charge in [-0.2, -0.15) is 4.31 Å². The van der Waals surface area contributed by atoms with E-state index in [1.54, 1.807) is 12.1 Å². The van der Waals surface area contributed by atoms with Gasteiger partial charge in [0, 0.05) is 35.1 Å². The molecule has 1 heterocycles. The van der Waals surface area contributed by atoms with Crippen LogP contribution in [0.25, 0.3) is 0 Å². The van der Waals surface area contributed by atoms with Gasteiger partial charge in [0.25, 0.3) is 5.91 Å². The number of carbonyl (C=O) groups is 1. The molecule has 1 aliphatic heterocycles. The fraction of sp³-hybridized carbons (Fsp3) is 0.381. The minimum Gasteiger partial charge on any atom is -0.379 e. The number of hydrogen-bond donors (Lipinski definition) is 1. The molecule has 0 bridgehead atoms. The second-order valence-corrected chi connectivity index (χ2v) is 10.5. The average Bonchev–Trinajstić information content (AvgIpc) is 2.73. The third kappa shape index (κ3) is 5.25. The van der Waals surface area contributed by atoms with E-state index in [0.29, 0.717) is 38.4 Å². The molecule has 0 aliphatic carbocycles. The summed E-state index contributed by atoms with van der Waals surface area (Å²) < 4.78 is 33.3. The quantitative estimate of drug-likeness (QED) is 0.688. The molecule has 2 aromatic carbocycles. The molecular formula is C21H25BrN2O4S. The van der Waals surface area contributed by atoms with Crippen molar-refractivity contribution in [3.8, 4) is 0 Å². The van der Waals surface area contributed by atoms with Crippen molar-refractivity contribution in [2.45, 2.75) is 24.2 Å². The normalized spacial score (nSPS) is 15.8. The maximum Gasteiger partial charge on any atom is 0.251 e. The summed E-state index contributed by atoms with van der Waals surface area (Å²) in [6, 6.07) is 14.2. The van der Waals surface area contributed by atoms with E-state index in [0.717, 1.165) is 10.0 Å². The zero-order chi connectivity index (χ0) is 21.1. The van der Waals surface area contributed by atoms with Crippen molar-refractivity contribution in [1.29, 1.82) is 0 Å². The number of sulfonamides is 1. The number of ether oxygens (including phenoxy) is 1. The molecule has 1 N–H and O–H groups in total. The van der Waals surface area contributed by atoms with Crippen LogP contribution in [-0.4, -0.2) is 51.5 Å². The van der Waals surface area contributed by atoms with Gasteiger partial charge in [-0.25, -0.2) is 8.42 Å². The molecule has 8 heteroatoms. The Kier molecular flexibility index (Phi) is 6.78. The molecule has 156 valence electrons. The fourth-order valence-electron chi connectivity index (χ4n) is 3.14. The summed E-state index contributed by atoms with van der Waals surface area (Å²) in [5, 5.41) is 2.93. The summed E-state index contributed by atoms with van der Waals surface area (Å²) in [5.41, 5.74) is 1.16. The van der Waals surface area contributed by atoms with Gasteiger partial charge in [0.05, 0.1) is 18.1 Å². The summed E-state index contributed by atoms with van der Waals surface area (Å²) >= 11 is 3.43. The minimum atomic E-state index is -3.64. The number of carbonyl (C=O) groups excluding carboxylic acids is 1. The van der Waals surface area contributed by atoms with E-state index in [4.69, 9.17) is 4.74 Å². The van der Waals surface area contributed by atoms with Gasteiger partial charge in [-0.05, 0) is 35.9 Å². The molecule has 0 radical (unpaired) electrons. The van der Waals surface area contributed by atoms with Gasteiger partial charge in [-0.1, -0.05) is 48.0 Å². The van der Waals surface area contributed by atoms with Crippen molar-refractivity contribution in [2.75, 3.05) is 32.8 Å². The average molecular weight is 481 g/mol. The molecule has 1 amide bonds. The van der Waals surface area contributed by atoms with Crippen LogP contribution in [0.1, 0.15) is 29.8 Å². The molecule has 0 aromatic heterocycles. The molecule has 0 saturated carbocycles. The van der Waals surface area contributed by atoms with Gasteiger partial charge in [-0.15, -0.1) is 0 Å². The molecule has 0 atom stereocenters. The molecule has 1 aliphatic rings. The smallest absolute Gasteiger partial charge is 0.251 e. The van der Waals surface area contributed by atoms with Gasteiger partial charge < -0.3 is 10.1 Å². The number of nitrogens with one attached hydrogen (secondary N) is 1. The van der Waals surface area contributed by atoms with Crippen molar-refractivity contribution >= 4 is 31.9 Å². The Hall–Kier alpha value is -1.74. The van der Waals surface area contributed by atoms with Gasteiger partial charge in [0.15, 0.2) is 0 Å². The SMILES string of the molecule is CC(C)(CNC(=O)c1cccc(S(=O)(=O)N2CCOCC2)c1)c1ccc(Br)cc1. The maximum absolute atomic E-state index is 12.8. The van der Waals surface area contributed by atoms with Gasteiger partial charge in [0.1, 0.15) is 0 Å². The Bertz CT molecular complexity index is 968. The Morgan fingerprint density at radius 3 is 2.45 bits per heavy atom. The highest BCUT2D eigenvalue weighted by molar-refractivity contribution is 9.10. The molecule has 3 rings (SSSR count). The number of benzene rings is 2. The lowest BCUT2D eigenvalue weighted by Gasteiger charge is -2.26. The predicted molar refractivity (Wildman–Crippen MR) is 116 cm³/mol. The topological polar surface area (TPSA) is 75.7 Å². The molecule has 0 spiro atoms. The zero-order valence-electron chi connectivity index (χ0n) is 16.5. The van der Waals surface area contributed by atoms with Gasteiger partial charge in [-0.3, -0.25) is 4.79 Å². The van der Waals surface area contributed by atoms with Crippen molar-refractivity contribution < 1.29 is 17.9 Å². The summed E-state index contributed by atoms with van der Waals surface area (Å²) in [6.07, 6.45) is 0. The van der Waals surface area contributed by atoms with Crippen molar-refractivity contribution in [3.63, 3.8) is 0 Å². The van der Waals surface area contributed by atoms with E-state index in [1.807, 2.05) is 24.3 Å². The second kappa shape index (κ2) is 8.95. The Labute approximate surface area is 180 Å². The van der Waals surface area contributed by atoms with Gasteiger partial charge >= 0.3 is 0 Å². The van der Waals surface area contributed by atoms with E-state index < -0.39 is 10.0 Å². The monoisotopic (exact) mass is 480 g/mol. The summed E-state index contributed by atoms with van der Waals surface area (Å²) in [7, 11) is -3.64. The fourth-order valence-corrected chi connectivity index (χ4v) is 4.86. The van der Waals surface area contributed by atoms with E-state index >= 15 is 0 Å². The van der Waals surface area contributed by atoms with Crippen LogP contribution in [0.15, 0.2) is 57.9 Å². The maximum atomic E-state index is 12.8. The summed E-state index contributed by atoms with van der Waals surface area (Å²) in [6.45, 7) is 5.93. The van der Waals surface area contributed by atoms with E-state index in [1.165, 1.54) is 16.4 Å². The lowest BCUT2D eigenvalue weighted by molar-refractivity contribution is 0.0730. The summed E-state index contributed by atoms with van der Waals surface area (Å²) in [4.78, 5) is 12.8. The molecule has 29 heavy (non-hydrogen) atoms. The molecule has 2 aromatic rings. The van der Waals surface area contributed by atoms with Crippen LogP contribution in [0, 0.1) is 0 Å². The van der Waals surface area contributed by atoms with Crippen LogP contribution in [0.3, 0.4) is 0 Å². The van der Waals surface area contributed by atoms with E-state index in [9.17, 15) is 13.2 Å². The standard InChI is InChI=1S/C21H25BrN2O4S/c1-21(2,17-6-8-18(22)9-7-17)15-23-20(25)16-4-3-5-19(14-16)29(26,27)24-10-12-28-13-11-24/h3-9,14H,10-13,15H2,1-2H3,(H,23,25). The molecular weight excluding hydrogens is 456 g/mol. The highest BCUT2D eigenvalue weighted by Crippen LogP contribution is 2.24. The van der Waals surface area contributed by atoms with Crippen molar-refractivity contribution in [1.82, 2.24) is 9.62 Å². The third-order valence-electron chi connectivity index (χ3n) is 5.02. The molecule has 6 nitrogen and oxygen atoms in total. The molecule has 1 fully saturated rings. The predicted octanol–water partition coefficient (Wildman–Crippen LogP) is 3.18. The first kappa shape index (κ1) is 22.0. The summed E-state index contributed by atoms with van der Waals surface area (Å²) in [5.74, 6) is -0.297. The first-order chi connectivity index (χ1) is 13.7. The molecule has 0 unspecified atom stereocenters. The van der Waals surface area contributed by atoms with Crippen LogP contribution >= 0.6 is 15.9 Å². The molecule has 1 saturated heterocycles. The van der Waals surface area contributed by atoms with Crippen LogP contribution in [0.2, 0.25) is 0 Å². The Morgan fingerprint density at radius 1 is 1.14 bits per heavy atom. The number of amides is 1. The largest absolute Gasteiger partial charge is 0.379 e. The first-order valence-electron chi connectivity index (χ1n) is 9.42. The number of hydrogen-bond acceptors (Lipinski definition) is 4. The van der Waals surface area contributed by atoms with Crippen LogP contribution in [-0.2, 0) is 20.2 Å². The Balaban J connectivity index is 1.71. The van der Waals surface area contributed by atoms with Gasteiger partial charge in [0.2, 0.25) is 10.0 Å². The lowest BCUT2D eigenvalue weighted by Crippen LogP contribution is -2.40.